The van der Waals surface area contributed by atoms with Crippen LogP contribution in [0.5, 0.6) is 34.5 Å². The zero-order valence-corrected chi connectivity index (χ0v) is 27.4. The number of ether oxygens (including phenoxy) is 6. The molecule has 0 saturated heterocycles. The molecule has 3 aromatic carbocycles. The lowest BCUT2D eigenvalue weighted by molar-refractivity contribution is -0.131. The summed E-state index contributed by atoms with van der Waals surface area (Å²) in [6, 6.07) is 17.3. The highest BCUT2D eigenvalue weighted by Gasteiger charge is 2.13. The number of fused-ring (bicyclic) bond motifs is 1. The molecule has 0 saturated carbocycles. The fourth-order valence-corrected chi connectivity index (χ4v) is 4.44. The molecule has 45 heavy (non-hydrogen) atoms. The molecule has 1 heterocycles. The van der Waals surface area contributed by atoms with E-state index in [-0.39, 0.29) is 12.4 Å². The van der Waals surface area contributed by atoms with E-state index in [0.717, 1.165) is 56.7 Å². The molecule has 0 bridgehead atoms. The fourth-order valence-electron chi connectivity index (χ4n) is 4.44. The molecule has 0 radical (unpaired) electrons. The summed E-state index contributed by atoms with van der Waals surface area (Å²) in [6.45, 7) is 10.3. The number of carbonyl (C=O) groups is 1. The van der Waals surface area contributed by atoms with Gasteiger partial charge in [-0.1, -0.05) is 12.1 Å². The van der Waals surface area contributed by atoms with Crippen LogP contribution in [0.2, 0.25) is 0 Å². The minimum atomic E-state index is -0.982. The second-order valence-electron chi connectivity index (χ2n) is 9.25. The number of aromatic nitrogens is 1. The quantitative estimate of drug-likeness (QED) is 0.139. The van der Waals surface area contributed by atoms with Gasteiger partial charge >= 0.3 is 5.97 Å². The largest absolute Gasteiger partial charge is 0.493 e. The molecule has 0 unspecified atom stereocenters. The number of methoxy groups -OCH3 is 2. The first kappa shape index (κ1) is 36.6. The van der Waals surface area contributed by atoms with Crippen LogP contribution in [-0.2, 0) is 11.2 Å². The predicted molar refractivity (Wildman–Crippen MR) is 179 cm³/mol. The molecule has 10 heteroatoms. The van der Waals surface area contributed by atoms with Gasteiger partial charge in [0, 0.05) is 24.1 Å². The molecule has 0 aliphatic heterocycles. The average Bonchev–Trinajstić information content (AvgIpc) is 3.02. The van der Waals surface area contributed by atoms with Crippen LogP contribution in [0.15, 0.2) is 66.9 Å². The summed E-state index contributed by atoms with van der Waals surface area (Å²) in [5.41, 5.74) is 2.84. The van der Waals surface area contributed by atoms with Gasteiger partial charge in [0.05, 0.1) is 46.3 Å². The van der Waals surface area contributed by atoms with E-state index in [1.165, 1.54) is 13.2 Å². The molecule has 0 aliphatic carbocycles. The molecule has 0 atom stereocenters. The lowest BCUT2D eigenvalue weighted by Crippen LogP contribution is -2.01. The SMILES string of the molecule is CCOc1ccc(Cc2nccc3cc(OCC)c(OCC)cc23)cc1OCC.COc1ccc(C=CC(=O)O)cc1OC.Cl. The Kier molecular flexibility index (Phi) is 15.4. The first-order valence-electron chi connectivity index (χ1n) is 14.6. The summed E-state index contributed by atoms with van der Waals surface area (Å²) in [4.78, 5) is 15.0. The Morgan fingerprint density at radius 3 is 1.89 bits per heavy atom. The molecular weight excluding hydrogens is 598 g/mol. The van der Waals surface area contributed by atoms with E-state index in [9.17, 15) is 4.79 Å². The van der Waals surface area contributed by atoms with Crippen molar-refractivity contribution in [2.45, 2.75) is 34.1 Å². The van der Waals surface area contributed by atoms with Gasteiger partial charge in [-0.05, 0) is 92.7 Å². The lowest BCUT2D eigenvalue weighted by Gasteiger charge is -2.15. The van der Waals surface area contributed by atoms with Gasteiger partial charge in [-0.15, -0.1) is 12.4 Å². The molecule has 9 nitrogen and oxygen atoms in total. The highest BCUT2D eigenvalue weighted by molar-refractivity contribution is 5.88. The van der Waals surface area contributed by atoms with Crippen LogP contribution in [0, 0.1) is 0 Å². The molecule has 1 N–H and O–H groups in total. The van der Waals surface area contributed by atoms with Crippen molar-refractivity contribution in [1.29, 1.82) is 0 Å². The van der Waals surface area contributed by atoms with E-state index in [1.807, 2.05) is 64.2 Å². The fraction of sp³-hybridized carbons (Fsp3) is 0.314. The number of pyridine rings is 1. The number of nitrogens with zero attached hydrogens (tertiary/aromatic N) is 1. The number of carboxylic acids is 1. The standard InChI is InChI=1S/C24H29NO4.C11H12O4.ClH/c1-5-26-21-10-9-17(14-22(21)27-6-2)13-20-19-16-24(29-8-4)23(28-7-3)15-18(19)11-12-25-20;1-14-9-5-3-8(4-6-11(12)13)7-10(9)15-2;/h9-12,14-16H,5-8,13H2,1-4H3;3-7H,1-2H3,(H,12,13);1H. The molecule has 242 valence electrons. The number of aliphatic carboxylic acids is 1. The van der Waals surface area contributed by atoms with Gasteiger partial charge in [-0.3, -0.25) is 4.98 Å². The van der Waals surface area contributed by atoms with Gasteiger partial charge in [-0.2, -0.15) is 0 Å². The van der Waals surface area contributed by atoms with Gasteiger partial charge < -0.3 is 33.5 Å². The third-order valence-corrected chi connectivity index (χ3v) is 6.32. The molecule has 1 aromatic heterocycles. The van der Waals surface area contributed by atoms with Crippen molar-refractivity contribution in [3.63, 3.8) is 0 Å². The van der Waals surface area contributed by atoms with E-state index in [4.69, 9.17) is 33.5 Å². The van der Waals surface area contributed by atoms with Gasteiger partial charge in [0.2, 0.25) is 0 Å². The second-order valence-corrected chi connectivity index (χ2v) is 9.25. The van der Waals surface area contributed by atoms with Gasteiger partial charge in [-0.25, -0.2) is 4.79 Å². The van der Waals surface area contributed by atoms with Crippen LogP contribution in [-0.4, -0.2) is 56.7 Å². The Bertz CT molecular complexity index is 1560. The molecule has 0 fully saturated rings. The number of hydrogen-bond acceptors (Lipinski definition) is 8. The second kappa shape index (κ2) is 18.9. The summed E-state index contributed by atoms with van der Waals surface area (Å²) in [7, 11) is 3.08. The van der Waals surface area contributed by atoms with Crippen LogP contribution in [0.3, 0.4) is 0 Å². The highest BCUT2D eigenvalue weighted by Crippen LogP contribution is 2.35. The van der Waals surface area contributed by atoms with E-state index >= 15 is 0 Å². The summed E-state index contributed by atoms with van der Waals surface area (Å²) < 4.78 is 33.1. The van der Waals surface area contributed by atoms with Gasteiger partial charge in [0.25, 0.3) is 0 Å². The molecule has 4 rings (SSSR count). The average molecular weight is 640 g/mol. The highest BCUT2D eigenvalue weighted by atomic mass is 35.5. The Morgan fingerprint density at radius 2 is 1.29 bits per heavy atom. The molecule has 0 amide bonds. The van der Waals surface area contributed by atoms with Crippen LogP contribution < -0.4 is 28.4 Å². The minimum Gasteiger partial charge on any atom is -0.493 e. The van der Waals surface area contributed by atoms with Crippen molar-refractivity contribution < 1.29 is 38.3 Å². The third kappa shape index (κ3) is 10.5. The van der Waals surface area contributed by atoms with Crippen molar-refractivity contribution in [2.75, 3.05) is 40.6 Å². The van der Waals surface area contributed by atoms with E-state index < -0.39 is 5.97 Å². The maximum Gasteiger partial charge on any atom is 0.328 e. The first-order chi connectivity index (χ1) is 21.4. The van der Waals surface area contributed by atoms with Crippen molar-refractivity contribution in [3.8, 4) is 34.5 Å². The molecule has 0 spiro atoms. The van der Waals surface area contributed by atoms with Crippen LogP contribution in [0.25, 0.3) is 16.8 Å². The number of carboxylic acid groups (broad SMARTS) is 1. The van der Waals surface area contributed by atoms with E-state index in [0.29, 0.717) is 44.3 Å². The monoisotopic (exact) mass is 639 g/mol. The van der Waals surface area contributed by atoms with E-state index in [1.54, 1.807) is 25.3 Å². The maximum atomic E-state index is 10.3. The first-order valence-corrected chi connectivity index (χ1v) is 14.6. The third-order valence-electron chi connectivity index (χ3n) is 6.32. The summed E-state index contributed by atoms with van der Waals surface area (Å²) in [6.07, 6.45) is 5.08. The number of benzene rings is 3. The number of hydrogen-bond donors (Lipinski definition) is 1. The van der Waals surface area contributed by atoms with Crippen LogP contribution in [0.4, 0.5) is 0 Å². The van der Waals surface area contributed by atoms with Crippen molar-refractivity contribution in [2.24, 2.45) is 0 Å². The van der Waals surface area contributed by atoms with Crippen LogP contribution >= 0.6 is 12.4 Å². The maximum absolute atomic E-state index is 10.3. The normalized spacial score (nSPS) is 10.4. The number of halogens is 1. The Morgan fingerprint density at radius 1 is 0.711 bits per heavy atom. The summed E-state index contributed by atoms with van der Waals surface area (Å²) in [5, 5.41) is 10.6. The zero-order valence-electron chi connectivity index (χ0n) is 26.6. The van der Waals surface area contributed by atoms with Crippen molar-refractivity contribution >= 4 is 35.2 Å². The number of rotatable bonds is 14. The van der Waals surface area contributed by atoms with Gasteiger partial charge in [0.1, 0.15) is 0 Å². The van der Waals surface area contributed by atoms with Crippen molar-refractivity contribution in [3.05, 3.63) is 83.7 Å². The van der Waals surface area contributed by atoms with Gasteiger partial charge in [0.15, 0.2) is 34.5 Å². The van der Waals surface area contributed by atoms with Crippen LogP contribution in [0.1, 0.15) is 44.5 Å². The minimum absolute atomic E-state index is 0. The topological polar surface area (TPSA) is 106 Å². The van der Waals surface area contributed by atoms with E-state index in [2.05, 4.69) is 11.1 Å². The Balaban J connectivity index is 0.000000374. The summed E-state index contributed by atoms with van der Waals surface area (Å²) in [5.74, 6) is 3.25. The molecular formula is C35H42ClNO8. The molecule has 4 aromatic rings. The van der Waals surface area contributed by atoms with Crippen molar-refractivity contribution in [1.82, 2.24) is 4.98 Å². The molecule has 0 aliphatic rings. The smallest absolute Gasteiger partial charge is 0.328 e. The zero-order chi connectivity index (χ0) is 31.9. The lowest BCUT2D eigenvalue weighted by atomic mass is 10.0. The Labute approximate surface area is 271 Å². The summed E-state index contributed by atoms with van der Waals surface area (Å²) >= 11 is 0. The predicted octanol–water partition coefficient (Wildman–Crippen LogP) is 7.64. The Hall–Kier alpha value is -4.63.